The third-order valence-electron chi connectivity index (χ3n) is 2.89. The molecular formula is C17H16N2O2. The molecule has 0 atom stereocenters. The van der Waals surface area contributed by atoms with Gasteiger partial charge < -0.3 is 10.4 Å². The molecule has 1 aromatic carbocycles. The first-order valence-corrected chi connectivity index (χ1v) is 6.66. The number of hydrogen-bond acceptors (Lipinski definition) is 3. The van der Waals surface area contributed by atoms with Crippen molar-refractivity contribution < 1.29 is 9.90 Å². The second kappa shape index (κ2) is 7.83. The van der Waals surface area contributed by atoms with Gasteiger partial charge >= 0.3 is 0 Å². The van der Waals surface area contributed by atoms with Gasteiger partial charge in [0, 0.05) is 30.1 Å². The quantitative estimate of drug-likeness (QED) is 0.832. The summed E-state index contributed by atoms with van der Waals surface area (Å²) in [6, 6.07) is 10.9. The summed E-state index contributed by atoms with van der Waals surface area (Å²) in [6.45, 7) is 0.373. The fourth-order valence-electron chi connectivity index (χ4n) is 1.85. The predicted octanol–water partition coefficient (Wildman–Crippen LogP) is 1.40. The molecule has 1 amide bonds. The number of rotatable bonds is 4. The Labute approximate surface area is 123 Å². The van der Waals surface area contributed by atoms with Crippen LogP contribution in [0, 0.1) is 11.8 Å². The lowest BCUT2D eigenvalue weighted by atomic mass is 10.1. The lowest BCUT2D eigenvalue weighted by molar-refractivity contribution is 0.0954. The number of nitrogens with one attached hydrogen (secondary N) is 1. The lowest BCUT2D eigenvalue weighted by Crippen LogP contribution is -2.25. The summed E-state index contributed by atoms with van der Waals surface area (Å²) in [5.41, 5.74) is 2.41. The maximum Gasteiger partial charge on any atom is 0.251 e. The Morgan fingerprint density at radius 2 is 2.05 bits per heavy atom. The molecule has 21 heavy (non-hydrogen) atoms. The topological polar surface area (TPSA) is 62.2 Å². The van der Waals surface area contributed by atoms with E-state index in [1.807, 2.05) is 12.1 Å². The van der Waals surface area contributed by atoms with Gasteiger partial charge in [-0.2, -0.15) is 0 Å². The second-order valence-electron chi connectivity index (χ2n) is 4.40. The molecule has 0 saturated heterocycles. The van der Waals surface area contributed by atoms with E-state index in [0.717, 1.165) is 12.0 Å². The third-order valence-corrected chi connectivity index (χ3v) is 2.89. The summed E-state index contributed by atoms with van der Waals surface area (Å²) in [7, 11) is 0. The molecule has 0 bridgehead atoms. The number of carbonyl (C=O) groups excluding carboxylic acids is 1. The standard InChI is InChI=1S/C17H16N2O2/c20-12-2-4-15-3-1-5-16(13-15)17(21)19-11-8-14-6-9-18-10-7-14/h1,3,5-7,9-10,13,20H,8,11-12H2,(H,19,21). The first-order chi connectivity index (χ1) is 10.3. The highest BCUT2D eigenvalue weighted by molar-refractivity contribution is 5.94. The van der Waals surface area contributed by atoms with Gasteiger partial charge in [-0.25, -0.2) is 0 Å². The molecule has 0 unspecified atom stereocenters. The van der Waals surface area contributed by atoms with Gasteiger partial charge in [0.2, 0.25) is 0 Å². The van der Waals surface area contributed by atoms with E-state index in [0.29, 0.717) is 17.7 Å². The van der Waals surface area contributed by atoms with E-state index in [1.54, 1.807) is 36.7 Å². The number of carbonyl (C=O) groups is 1. The minimum Gasteiger partial charge on any atom is -0.384 e. The van der Waals surface area contributed by atoms with E-state index in [4.69, 9.17) is 5.11 Å². The average molecular weight is 280 g/mol. The van der Waals surface area contributed by atoms with Crippen LogP contribution in [0.4, 0.5) is 0 Å². The normalized spacial score (nSPS) is 9.57. The van der Waals surface area contributed by atoms with Gasteiger partial charge in [0.25, 0.3) is 5.91 Å². The van der Waals surface area contributed by atoms with Crippen molar-refractivity contribution in [2.75, 3.05) is 13.2 Å². The molecule has 1 heterocycles. The van der Waals surface area contributed by atoms with E-state index >= 15 is 0 Å². The van der Waals surface area contributed by atoms with Crippen molar-refractivity contribution in [3.05, 3.63) is 65.5 Å². The number of pyridine rings is 1. The van der Waals surface area contributed by atoms with Crippen LogP contribution in [0.1, 0.15) is 21.5 Å². The van der Waals surface area contributed by atoms with E-state index in [9.17, 15) is 4.79 Å². The van der Waals surface area contributed by atoms with Crippen LogP contribution in [0.2, 0.25) is 0 Å². The fourth-order valence-corrected chi connectivity index (χ4v) is 1.85. The summed E-state index contributed by atoms with van der Waals surface area (Å²) >= 11 is 0. The monoisotopic (exact) mass is 280 g/mol. The molecule has 4 nitrogen and oxygen atoms in total. The summed E-state index contributed by atoms with van der Waals surface area (Å²) < 4.78 is 0. The van der Waals surface area contributed by atoms with Gasteiger partial charge in [0.1, 0.15) is 6.61 Å². The van der Waals surface area contributed by atoms with E-state index < -0.39 is 0 Å². The van der Waals surface area contributed by atoms with Crippen LogP contribution in [-0.4, -0.2) is 29.1 Å². The number of nitrogens with zero attached hydrogens (tertiary/aromatic N) is 1. The molecule has 1 aromatic heterocycles. The first kappa shape index (κ1) is 14.8. The van der Waals surface area contributed by atoms with Crippen LogP contribution >= 0.6 is 0 Å². The molecule has 0 radical (unpaired) electrons. The molecule has 2 rings (SSSR count). The molecule has 0 spiro atoms. The molecule has 0 aliphatic carbocycles. The van der Waals surface area contributed by atoms with Crippen molar-refractivity contribution in [1.29, 1.82) is 0 Å². The number of aromatic nitrogens is 1. The Balaban J connectivity index is 1.91. The molecular weight excluding hydrogens is 264 g/mol. The zero-order valence-corrected chi connectivity index (χ0v) is 11.5. The highest BCUT2D eigenvalue weighted by atomic mass is 16.2. The number of aliphatic hydroxyl groups excluding tert-OH is 1. The van der Waals surface area contributed by atoms with Crippen LogP contribution in [0.3, 0.4) is 0 Å². The van der Waals surface area contributed by atoms with Crippen LogP contribution in [0.15, 0.2) is 48.8 Å². The smallest absolute Gasteiger partial charge is 0.251 e. The van der Waals surface area contributed by atoms with Crippen molar-refractivity contribution in [2.24, 2.45) is 0 Å². The number of benzene rings is 1. The Morgan fingerprint density at radius 3 is 2.81 bits per heavy atom. The predicted molar refractivity (Wildman–Crippen MR) is 80.7 cm³/mol. The van der Waals surface area contributed by atoms with Crippen LogP contribution in [-0.2, 0) is 6.42 Å². The van der Waals surface area contributed by atoms with Crippen molar-refractivity contribution in [2.45, 2.75) is 6.42 Å². The molecule has 4 heteroatoms. The molecule has 0 saturated carbocycles. The maximum absolute atomic E-state index is 12.0. The number of aliphatic hydroxyl groups is 1. The minimum absolute atomic E-state index is 0.128. The second-order valence-corrected chi connectivity index (χ2v) is 4.40. The number of hydrogen-bond donors (Lipinski definition) is 2. The Morgan fingerprint density at radius 1 is 1.24 bits per heavy atom. The summed E-state index contributed by atoms with van der Waals surface area (Å²) in [5.74, 6) is 5.22. The average Bonchev–Trinajstić information content (AvgIpc) is 2.54. The first-order valence-electron chi connectivity index (χ1n) is 6.66. The van der Waals surface area contributed by atoms with Gasteiger partial charge in [-0.05, 0) is 42.3 Å². The lowest BCUT2D eigenvalue weighted by Gasteiger charge is -2.05. The SMILES string of the molecule is O=C(NCCc1ccncc1)c1cccc(C#CCO)c1. The van der Waals surface area contributed by atoms with Gasteiger partial charge in [0.05, 0.1) is 0 Å². The van der Waals surface area contributed by atoms with Crippen molar-refractivity contribution in [3.8, 4) is 11.8 Å². The van der Waals surface area contributed by atoms with E-state index in [-0.39, 0.29) is 12.5 Å². The minimum atomic E-state index is -0.192. The molecule has 0 aliphatic heterocycles. The largest absolute Gasteiger partial charge is 0.384 e. The Kier molecular flexibility index (Phi) is 5.50. The van der Waals surface area contributed by atoms with Crippen molar-refractivity contribution >= 4 is 5.91 Å². The summed E-state index contributed by atoms with van der Waals surface area (Å²) in [5, 5.41) is 11.5. The van der Waals surface area contributed by atoms with E-state index in [2.05, 4.69) is 22.1 Å². The fraction of sp³-hybridized carbons (Fsp3) is 0.176. The van der Waals surface area contributed by atoms with Gasteiger partial charge in [0.15, 0.2) is 0 Å². The Hall–Kier alpha value is -2.64. The highest BCUT2D eigenvalue weighted by Crippen LogP contribution is 2.04. The molecule has 2 N–H and O–H groups in total. The van der Waals surface area contributed by atoms with Gasteiger partial charge in [-0.1, -0.05) is 17.9 Å². The molecule has 2 aromatic rings. The van der Waals surface area contributed by atoms with Gasteiger partial charge in [-0.15, -0.1) is 0 Å². The van der Waals surface area contributed by atoms with Crippen molar-refractivity contribution in [3.63, 3.8) is 0 Å². The molecule has 0 aliphatic rings. The summed E-state index contributed by atoms with van der Waals surface area (Å²) in [4.78, 5) is 16.0. The summed E-state index contributed by atoms with van der Waals surface area (Å²) in [6.07, 6.45) is 4.24. The van der Waals surface area contributed by atoms with Crippen LogP contribution < -0.4 is 5.32 Å². The third kappa shape index (κ3) is 4.75. The van der Waals surface area contributed by atoms with Crippen molar-refractivity contribution in [1.82, 2.24) is 10.3 Å². The van der Waals surface area contributed by atoms with Crippen LogP contribution in [0.5, 0.6) is 0 Å². The van der Waals surface area contributed by atoms with Crippen LogP contribution in [0.25, 0.3) is 0 Å². The maximum atomic E-state index is 12.0. The Bertz CT molecular complexity index is 657. The van der Waals surface area contributed by atoms with Gasteiger partial charge in [-0.3, -0.25) is 9.78 Å². The molecule has 106 valence electrons. The zero-order valence-electron chi connectivity index (χ0n) is 11.5. The molecule has 0 fully saturated rings. The number of amides is 1. The van der Waals surface area contributed by atoms with E-state index in [1.165, 1.54) is 0 Å². The highest BCUT2D eigenvalue weighted by Gasteiger charge is 2.05. The zero-order chi connectivity index (χ0) is 14.9.